The Hall–Kier alpha value is -2.61. The van der Waals surface area contributed by atoms with E-state index in [-0.39, 0.29) is 17.6 Å². The summed E-state index contributed by atoms with van der Waals surface area (Å²) in [5.41, 5.74) is 19.1. The fraction of sp³-hybridized carbons (Fsp3) is 0.0769. The highest BCUT2D eigenvalue weighted by Crippen LogP contribution is 2.33. The minimum Gasteiger partial charge on any atom is -0.382 e. The van der Waals surface area contributed by atoms with Gasteiger partial charge in [0.2, 0.25) is 5.95 Å². The SMILES string of the molecule is Cc1ccccc1Sc1nc2c(N)nc(N)nc2nc1N. The highest BCUT2D eigenvalue weighted by molar-refractivity contribution is 7.99. The van der Waals surface area contributed by atoms with E-state index in [9.17, 15) is 0 Å². The molecule has 0 radical (unpaired) electrons. The van der Waals surface area contributed by atoms with Crippen LogP contribution in [0.3, 0.4) is 0 Å². The molecule has 6 N–H and O–H groups in total. The Morgan fingerprint density at radius 3 is 2.43 bits per heavy atom. The van der Waals surface area contributed by atoms with Crippen LogP contribution in [0.5, 0.6) is 0 Å². The van der Waals surface area contributed by atoms with Crippen molar-refractivity contribution >= 4 is 40.5 Å². The van der Waals surface area contributed by atoms with E-state index in [0.717, 1.165) is 10.5 Å². The smallest absolute Gasteiger partial charge is 0.224 e. The van der Waals surface area contributed by atoms with Gasteiger partial charge in [-0.3, -0.25) is 0 Å². The minimum absolute atomic E-state index is 0.0491. The Bertz CT molecular complexity index is 834. The van der Waals surface area contributed by atoms with Gasteiger partial charge in [-0.25, -0.2) is 9.97 Å². The third-order valence-corrected chi connectivity index (χ3v) is 4.04. The summed E-state index contributed by atoms with van der Waals surface area (Å²) in [7, 11) is 0. The molecule has 0 atom stereocenters. The Kier molecular flexibility index (Phi) is 3.22. The van der Waals surface area contributed by atoms with E-state index >= 15 is 0 Å². The average molecular weight is 299 g/mol. The standard InChI is InChI=1S/C13H13N7S/c1-6-4-2-3-5-7(6)21-12-10(15)18-11-8(17-12)9(14)19-13(16)20-11/h2-5H,1H3,(H6,14,15,16,18,19,20). The van der Waals surface area contributed by atoms with Gasteiger partial charge in [-0.1, -0.05) is 30.0 Å². The van der Waals surface area contributed by atoms with Crippen LogP contribution >= 0.6 is 11.8 Å². The van der Waals surface area contributed by atoms with Crippen molar-refractivity contribution in [3.63, 3.8) is 0 Å². The monoisotopic (exact) mass is 299 g/mol. The molecule has 0 saturated heterocycles. The molecule has 3 aromatic rings. The summed E-state index contributed by atoms with van der Waals surface area (Å²) in [6, 6.07) is 7.95. The maximum Gasteiger partial charge on any atom is 0.224 e. The first-order valence-electron chi connectivity index (χ1n) is 6.14. The Morgan fingerprint density at radius 2 is 1.67 bits per heavy atom. The zero-order valence-corrected chi connectivity index (χ0v) is 12.1. The molecule has 2 aromatic heterocycles. The summed E-state index contributed by atoms with van der Waals surface area (Å²) in [4.78, 5) is 17.6. The molecular weight excluding hydrogens is 286 g/mol. The lowest BCUT2D eigenvalue weighted by molar-refractivity contribution is 1.09. The number of nitrogens with zero attached hydrogens (tertiary/aromatic N) is 4. The number of hydrogen-bond donors (Lipinski definition) is 3. The maximum absolute atomic E-state index is 5.95. The van der Waals surface area contributed by atoms with Gasteiger partial charge in [-0.05, 0) is 18.6 Å². The predicted molar refractivity (Wildman–Crippen MR) is 83.7 cm³/mol. The van der Waals surface area contributed by atoms with E-state index in [4.69, 9.17) is 17.2 Å². The maximum atomic E-state index is 5.95. The number of hydrogen-bond acceptors (Lipinski definition) is 8. The van der Waals surface area contributed by atoms with Gasteiger partial charge in [0.1, 0.15) is 5.03 Å². The first-order chi connectivity index (χ1) is 10.0. The van der Waals surface area contributed by atoms with Crippen LogP contribution in [0.1, 0.15) is 5.56 Å². The summed E-state index contributed by atoms with van der Waals surface area (Å²) in [5.74, 6) is 0.526. The third-order valence-electron chi connectivity index (χ3n) is 2.87. The minimum atomic E-state index is 0.0491. The highest BCUT2D eigenvalue weighted by atomic mass is 32.2. The van der Waals surface area contributed by atoms with E-state index in [1.165, 1.54) is 11.8 Å². The van der Waals surface area contributed by atoms with Gasteiger partial charge < -0.3 is 17.2 Å². The Labute approximate surface area is 125 Å². The average Bonchev–Trinajstić information content (AvgIpc) is 2.42. The van der Waals surface area contributed by atoms with Crippen LogP contribution in [-0.2, 0) is 0 Å². The third kappa shape index (κ3) is 2.52. The lowest BCUT2D eigenvalue weighted by atomic mass is 10.2. The molecule has 0 bridgehead atoms. The van der Waals surface area contributed by atoms with Gasteiger partial charge >= 0.3 is 0 Å². The van der Waals surface area contributed by atoms with Crippen molar-refractivity contribution in [1.29, 1.82) is 0 Å². The molecule has 3 rings (SSSR count). The fourth-order valence-electron chi connectivity index (χ4n) is 1.83. The van der Waals surface area contributed by atoms with Crippen LogP contribution in [0.15, 0.2) is 34.2 Å². The van der Waals surface area contributed by atoms with Crippen LogP contribution in [0.25, 0.3) is 11.2 Å². The molecule has 21 heavy (non-hydrogen) atoms. The summed E-state index contributed by atoms with van der Waals surface area (Å²) < 4.78 is 0. The molecule has 0 aliphatic rings. The van der Waals surface area contributed by atoms with Crippen LogP contribution in [0.2, 0.25) is 0 Å². The van der Waals surface area contributed by atoms with E-state index in [0.29, 0.717) is 16.2 Å². The Morgan fingerprint density at radius 1 is 0.905 bits per heavy atom. The highest BCUT2D eigenvalue weighted by Gasteiger charge is 2.13. The first-order valence-corrected chi connectivity index (χ1v) is 6.96. The summed E-state index contributed by atoms with van der Waals surface area (Å²) in [5, 5.41) is 0.567. The van der Waals surface area contributed by atoms with E-state index in [2.05, 4.69) is 19.9 Å². The van der Waals surface area contributed by atoms with Gasteiger partial charge in [0.25, 0.3) is 0 Å². The number of nitrogen functional groups attached to an aromatic ring is 3. The van der Waals surface area contributed by atoms with Gasteiger partial charge in [0.15, 0.2) is 22.8 Å². The van der Waals surface area contributed by atoms with Crippen LogP contribution in [-0.4, -0.2) is 19.9 Å². The molecule has 0 amide bonds. The molecule has 2 heterocycles. The predicted octanol–water partition coefficient (Wildman–Crippen LogP) is 1.63. The number of nitrogens with two attached hydrogens (primary N) is 3. The van der Waals surface area contributed by atoms with Crippen molar-refractivity contribution in [2.24, 2.45) is 0 Å². The molecule has 0 fully saturated rings. The lowest BCUT2D eigenvalue weighted by Gasteiger charge is -2.08. The van der Waals surface area contributed by atoms with Gasteiger partial charge in [-0.2, -0.15) is 9.97 Å². The summed E-state index contributed by atoms with van der Waals surface area (Å²) in [6.07, 6.45) is 0. The van der Waals surface area contributed by atoms with E-state index in [1.54, 1.807) is 0 Å². The molecule has 0 aliphatic heterocycles. The molecule has 0 unspecified atom stereocenters. The number of aryl methyl sites for hydroxylation is 1. The summed E-state index contributed by atoms with van der Waals surface area (Å²) in [6.45, 7) is 2.02. The molecule has 7 nitrogen and oxygen atoms in total. The van der Waals surface area contributed by atoms with Crippen molar-refractivity contribution in [2.75, 3.05) is 17.2 Å². The van der Waals surface area contributed by atoms with Crippen molar-refractivity contribution < 1.29 is 0 Å². The zero-order valence-electron chi connectivity index (χ0n) is 11.2. The van der Waals surface area contributed by atoms with Crippen LogP contribution in [0.4, 0.5) is 17.6 Å². The van der Waals surface area contributed by atoms with Crippen LogP contribution in [0, 0.1) is 6.92 Å². The normalized spacial score (nSPS) is 10.9. The number of fused-ring (bicyclic) bond motifs is 1. The van der Waals surface area contributed by atoms with Crippen molar-refractivity contribution in [1.82, 2.24) is 19.9 Å². The van der Waals surface area contributed by atoms with E-state index < -0.39 is 0 Å². The number of benzene rings is 1. The molecule has 0 saturated carbocycles. The number of rotatable bonds is 2. The van der Waals surface area contributed by atoms with Crippen molar-refractivity contribution in [2.45, 2.75) is 16.8 Å². The van der Waals surface area contributed by atoms with E-state index in [1.807, 2.05) is 31.2 Å². The molecule has 8 heteroatoms. The molecule has 0 aliphatic carbocycles. The number of aromatic nitrogens is 4. The van der Waals surface area contributed by atoms with Gasteiger partial charge in [0.05, 0.1) is 0 Å². The second kappa shape index (κ2) is 5.06. The lowest BCUT2D eigenvalue weighted by Crippen LogP contribution is -2.05. The molecule has 1 aromatic carbocycles. The first kappa shape index (κ1) is 13.4. The quantitative estimate of drug-likeness (QED) is 0.651. The Balaban J connectivity index is 2.11. The van der Waals surface area contributed by atoms with Crippen molar-refractivity contribution in [3.8, 4) is 0 Å². The van der Waals surface area contributed by atoms with Gasteiger partial charge in [0, 0.05) is 4.90 Å². The fourth-order valence-corrected chi connectivity index (χ4v) is 2.70. The molecular formula is C13H13N7S. The van der Waals surface area contributed by atoms with Gasteiger partial charge in [-0.15, -0.1) is 0 Å². The van der Waals surface area contributed by atoms with Crippen LogP contribution < -0.4 is 17.2 Å². The topological polar surface area (TPSA) is 130 Å². The second-order valence-corrected chi connectivity index (χ2v) is 5.45. The number of anilines is 3. The zero-order chi connectivity index (χ0) is 15.0. The second-order valence-electron chi connectivity index (χ2n) is 4.42. The molecule has 0 spiro atoms. The largest absolute Gasteiger partial charge is 0.382 e. The van der Waals surface area contributed by atoms with Crippen molar-refractivity contribution in [3.05, 3.63) is 29.8 Å². The molecule has 106 valence electrons. The summed E-state index contributed by atoms with van der Waals surface area (Å²) >= 11 is 1.43.